The Hall–Kier alpha value is 1.04. The second kappa shape index (κ2) is 19.8. The van der Waals surface area contributed by atoms with Crippen LogP contribution in [-0.2, 0) is 9.05 Å². The van der Waals surface area contributed by atoms with Crippen LogP contribution in [0.15, 0.2) is 0 Å². The predicted octanol–water partition coefficient (Wildman–Crippen LogP) is -1.12. The van der Waals surface area contributed by atoms with Crippen LogP contribution in [0.3, 0.4) is 0 Å². The molecule has 0 aromatic rings. The molecule has 3 nitrogen and oxygen atoms in total. The molecule has 5 heavy (non-hydrogen) atoms. The Morgan fingerprint density at radius 2 is 1.20 bits per heavy atom. The third-order valence-electron chi connectivity index (χ3n) is 0. The first-order valence-electron chi connectivity index (χ1n) is 0.548. The Bertz CT molecular complexity index is 34.2. The summed E-state index contributed by atoms with van der Waals surface area (Å²) in [7, 11) is 0. The molecule has 0 spiro atoms. The number of hydrogen-bond donors (Lipinski definition) is 0. The summed E-state index contributed by atoms with van der Waals surface area (Å²) in [5.41, 5.74) is 0. The van der Waals surface area contributed by atoms with Crippen molar-refractivity contribution >= 4 is 44.6 Å². The molecule has 0 aliphatic heterocycles. The van der Waals surface area contributed by atoms with Crippen LogP contribution >= 0.6 is 0 Å². The van der Waals surface area contributed by atoms with E-state index in [-0.39, 0.29) is 0 Å². The van der Waals surface area contributed by atoms with Crippen LogP contribution in [0.25, 0.3) is 0 Å². The van der Waals surface area contributed by atoms with E-state index in [0.717, 1.165) is 0 Å². The van der Waals surface area contributed by atoms with Crippen LogP contribution in [0.2, 0.25) is 0 Å². The van der Waals surface area contributed by atoms with Gasteiger partial charge >= 0.3 is 53.7 Å². The summed E-state index contributed by atoms with van der Waals surface area (Å²) in [6.07, 6.45) is 0. The second-order valence-electron chi connectivity index (χ2n) is 0.0745. The van der Waals surface area contributed by atoms with E-state index in [9.17, 15) is 0 Å². The second-order valence-corrected chi connectivity index (χ2v) is 0.500. The van der Waals surface area contributed by atoms with Crippen molar-refractivity contribution in [3.63, 3.8) is 0 Å². The average Bonchev–Trinajstić information content (AvgIpc) is 1.46. The zero-order valence-corrected chi connectivity index (χ0v) is 7.22. The van der Waals surface area contributed by atoms with Gasteiger partial charge < -0.3 is 0 Å². The minimum absolute atomic E-state index is 0.500. The van der Waals surface area contributed by atoms with Gasteiger partial charge in [0.1, 0.15) is 0 Å². The van der Waals surface area contributed by atoms with Gasteiger partial charge in [-0.25, -0.2) is 0 Å². The van der Waals surface area contributed by atoms with Crippen molar-refractivity contribution < 1.29 is 9.05 Å². The standard InChI is InChI=1S/3O.2Sb. The molecule has 0 aromatic carbocycles. The molecule has 0 aliphatic rings. The summed E-state index contributed by atoms with van der Waals surface area (Å²) < 4.78 is 25.4. The van der Waals surface area contributed by atoms with Crippen LogP contribution in [0, 0.1) is 0 Å². The number of rotatable bonds is 0. The van der Waals surface area contributed by atoms with E-state index in [0.29, 0.717) is 23.0 Å². The molecule has 0 bridgehead atoms. The third-order valence-corrected chi connectivity index (χ3v) is 0. The van der Waals surface area contributed by atoms with Gasteiger partial charge in [0.25, 0.3) is 0 Å². The fraction of sp³-hybridized carbons (Fsp3) is 0. The summed E-state index contributed by atoms with van der Waals surface area (Å²) in [6.45, 7) is 0. The molecule has 0 heterocycles. The molecular weight excluding hydrogens is 292 g/mol. The van der Waals surface area contributed by atoms with Crippen LogP contribution in [0.5, 0.6) is 0 Å². The van der Waals surface area contributed by atoms with Crippen LogP contribution < -0.4 is 0 Å². The number of hydrogen-bond acceptors (Lipinski definition) is 3. The van der Waals surface area contributed by atoms with Gasteiger partial charge in [-0.2, -0.15) is 0 Å². The Balaban J connectivity index is 0. The van der Waals surface area contributed by atoms with Crippen molar-refractivity contribution in [2.24, 2.45) is 0 Å². The van der Waals surface area contributed by atoms with Crippen LogP contribution in [-0.4, -0.2) is 44.6 Å². The molecule has 0 saturated heterocycles. The SMILES string of the molecule is [O]=[Sb].[O]=[Sb]=[O]. The quantitative estimate of drug-likeness (QED) is 0.532. The fourth-order valence-electron chi connectivity index (χ4n) is 0. The maximum absolute atomic E-state index is 8.52. The monoisotopic (exact) mass is 290 g/mol. The van der Waals surface area contributed by atoms with Crippen molar-refractivity contribution in [2.45, 2.75) is 0 Å². The van der Waals surface area contributed by atoms with Crippen LogP contribution in [0.4, 0.5) is 0 Å². The first-order valence-corrected chi connectivity index (χ1v) is 3.67. The van der Waals surface area contributed by atoms with Gasteiger partial charge in [-0.15, -0.1) is 0 Å². The van der Waals surface area contributed by atoms with Crippen LogP contribution in [0.1, 0.15) is 0 Å². The summed E-state index contributed by atoms with van der Waals surface area (Å²) in [5.74, 6) is 0. The zero-order valence-electron chi connectivity index (χ0n) is 2.12. The van der Waals surface area contributed by atoms with E-state index in [1.54, 1.807) is 0 Å². The molecule has 0 saturated carbocycles. The Morgan fingerprint density at radius 3 is 1.20 bits per heavy atom. The van der Waals surface area contributed by atoms with Crippen molar-refractivity contribution in [1.82, 2.24) is 0 Å². The molecule has 5 heteroatoms. The first kappa shape index (κ1) is 9.40. The van der Waals surface area contributed by atoms with E-state index in [1.165, 1.54) is 0 Å². The molecule has 0 aromatic heterocycles. The molecule has 0 aliphatic carbocycles. The molecule has 2 radical (unpaired) electrons. The normalized spacial score (nSPS) is 2.40. The maximum atomic E-state index is 8.52. The van der Waals surface area contributed by atoms with Crippen molar-refractivity contribution in [2.75, 3.05) is 0 Å². The molecule has 0 fully saturated rings. The van der Waals surface area contributed by atoms with E-state index < -0.39 is 21.6 Å². The Labute approximate surface area is 53.3 Å². The van der Waals surface area contributed by atoms with E-state index in [2.05, 4.69) is 0 Å². The van der Waals surface area contributed by atoms with Crippen molar-refractivity contribution in [3.8, 4) is 0 Å². The Kier molecular flexibility index (Phi) is 37.2. The predicted molar refractivity (Wildman–Crippen MR) is 13.6 cm³/mol. The first-order chi connectivity index (χ1) is 2.41. The molecule has 0 rings (SSSR count). The van der Waals surface area contributed by atoms with Gasteiger partial charge in [-0.1, -0.05) is 0 Å². The fourth-order valence-corrected chi connectivity index (χ4v) is 0. The zero-order chi connectivity index (χ0) is 4.71. The van der Waals surface area contributed by atoms with Gasteiger partial charge in [0.2, 0.25) is 0 Å². The van der Waals surface area contributed by atoms with E-state index >= 15 is 0 Å². The topological polar surface area (TPSA) is 51.2 Å². The van der Waals surface area contributed by atoms with Gasteiger partial charge in [-0.3, -0.25) is 0 Å². The molecule has 0 N–H and O–H groups in total. The molecule has 0 atom stereocenters. The third kappa shape index (κ3) is 43.2. The summed E-state index contributed by atoms with van der Waals surface area (Å²) in [4.78, 5) is 0. The summed E-state index contributed by atoms with van der Waals surface area (Å²) in [6, 6.07) is 0. The summed E-state index contributed by atoms with van der Waals surface area (Å²) >= 11 is -1.65. The molecule has 0 amide bonds. The van der Waals surface area contributed by atoms with Gasteiger partial charge in [-0.05, 0) is 0 Å². The van der Waals surface area contributed by atoms with Gasteiger partial charge in [0, 0.05) is 0 Å². The van der Waals surface area contributed by atoms with E-state index in [4.69, 9.17) is 9.05 Å². The van der Waals surface area contributed by atoms with Crippen molar-refractivity contribution in [1.29, 1.82) is 0 Å². The average molecular weight is 292 g/mol. The van der Waals surface area contributed by atoms with E-state index in [1.807, 2.05) is 0 Å². The summed E-state index contributed by atoms with van der Waals surface area (Å²) in [5, 5.41) is 0. The Morgan fingerprint density at radius 1 is 1.20 bits per heavy atom. The molecular formula is O3Sb2. The molecule has 0 unspecified atom stereocenters. The van der Waals surface area contributed by atoms with Gasteiger partial charge in [0.15, 0.2) is 0 Å². The molecule has 28 valence electrons. The minimum atomic E-state index is -2.15. The van der Waals surface area contributed by atoms with Crippen molar-refractivity contribution in [3.05, 3.63) is 0 Å². The van der Waals surface area contributed by atoms with Gasteiger partial charge in [0.05, 0.1) is 0 Å².